The number of rotatable bonds is 4. The van der Waals surface area contributed by atoms with Crippen molar-refractivity contribution in [2.24, 2.45) is 35.3 Å². The van der Waals surface area contributed by atoms with Crippen molar-refractivity contribution in [3.05, 3.63) is 0 Å². The molecule has 19 heavy (non-hydrogen) atoms. The molecule has 4 nitrogen and oxygen atoms in total. The van der Waals surface area contributed by atoms with Gasteiger partial charge in [0.15, 0.2) is 0 Å². The summed E-state index contributed by atoms with van der Waals surface area (Å²) in [5.74, 6) is 1.79. The number of carbonyl (C=O) groups is 2. The maximum absolute atomic E-state index is 12.5. The van der Waals surface area contributed by atoms with E-state index in [1.807, 2.05) is 0 Å². The molecule has 3 N–H and O–H groups in total. The fourth-order valence-corrected chi connectivity index (χ4v) is 5.01. The molecule has 4 aliphatic carbocycles. The van der Waals surface area contributed by atoms with Gasteiger partial charge < -0.3 is 10.8 Å². The van der Waals surface area contributed by atoms with E-state index >= 15 is 0 Å². The van der Waals surface area contributed by atoms with Crippen molar-refractivity contribution < 1.29 is 14.7 Å². The average molecular weight is 265 g/mol. The monoisotopic (exact) mass is 265 g/mol. The van der Waals surface area contributed by atoms with E-state index in [-0.39, 0.29) is 18.1 Å². The van der Waals surface area contributed by atoms with Crippen LogP contribution in [0.4, 0.5) is 0 Å². The van der Waals surface area contributed by atoms with Gasteiger partial charge in [-0.1, -0.05) is 0 Å². The van der Waals surface area contributed by atoms with Crippen LogP contribution in [0.15, 0.2) is 0 Å². The number of nitrogens with two attached hydrogens (primary N) is 1. The van der Waals surface area contributed by atoms with Crippen LogP contribution in [-0.2, 0) is 9.59 Å². The van der Waals surface area contributed by atoms with Crippen LogP contribution in [0.3, 0.4) is 0 Å². The van der Waals surface area contributed by atoms with Gasteiger partial charge in [-0.2, -0.15) is 0 Å². The molecule has 4 saturated carbocycles. The van der Waals surface area contributed by atoms with Crippen molar-refractivity contribution >= 4 is 11.8 Å². The second-order valence-electron chi connectivity index (χ2n) is 7.32. The van der Waals surface area contributed by atoms with Crippen LogP contribution < -0.4 is 5.73 Å². The molecule has 4 aliphatic rings. The van der Waals surface area contributed by atoms with Crippen molar-refractivity contribution in [1.29, 1.82) is 0 Å². The van der Waals surface area contributed by atoms with Crippen LogP contribution in [0.1, 0.15) is 45.4 Å². The van der Waals surface area contributed by atoms with Crippen molar-refractivity contribution in [3.63, 3.8) is 0 Å². The maximum Gasteiger partial charge on any atom is 0.323 e. The first-order valence-electron chi connectivity index (χ1n) is 7.42. The van der Waals surface area contributed by atoms with E-state index in [4.69, 9.17) is 10.8 Å². The Labute approximate surface area is 113 Å². The first-order chi connectivity index (χ1) is 8.87. The van der Waals surface area contributed by atoms with Gasteiger partial charge in [-0.3, -0.25) is 9.59 Å². The summed E-state index contributed by atoms with van der Waals surface area (Å²) in [5, 5.41) is 9.06. The average Bonchev–Trinajstić information content (AvgIpc) is 2.26. The molecule has 1 unspecified atom stereocenters. The molecule has 0 aliphatic heterocycles. The number of Topliss-reactive ketones (excluding diaryl/α,β-unsaturated/α-hetero) is 1. The Hall–Kier alpha value is -0.900. The van der Waals surface area contributed by atoms with Crippen molar-refractivity contribution in [2.75, 3.05) is 0 Å². The summed E-state index contributed by atoms with van der Waals surface area (Å²) in [5.41, 5.74) is 4.32. The summed E-state index contributed by atoms with van der Waals surface area (Å²) < 4.78 is 0. The zero-order valence-electron chi connectivity index (χ0n) is 11.5. The van der Waals surface area contributed by atoms with Crippen LogP contribution in [-0.4, -0.2) is 22.4 Å². The van der Waals surface area contributed by atoms with Crippen molar-refractivity contribution in [3.8, 4) is 0 Å². The molecule has 4 bridgehead atoms. The number of ketones is 1. The first kappa shape index (κ1) is 13.1. The second kappa shape index (κ2) is 4.30. The second-order valence-corrected chi connectivity index (χ2v) is 7.32. The Balaban J connectivity index is 1.72. The van der Waals surface area contributed by atoms with Crippen molar-refractivity contribution in [2.45, 2.75) is 51.0 Å². The predicted octanol–water partition coefficient (Wildman–Crippen LogP) is 1.82. The molecule has 4 fully saturated rings. The highest BCUT2D eigenvalue weighted by Gasteiger charge is 2.51. The number of carboxylic acid groups (broad SMARTS) is 1. The highest BCUT2D eigenvalue weighted by molar-refractivity contribution is 5.90. The van der Waals surface area contributed by atoms with Gasteiger partial charge >= 0.3 is 5.97 Å². The third-order valence-corrected chi connectivity index (χ3v) is 5.63. The highest BCUT2D eigenvalue weighted by Crippen LogP contribution is 2.57. The molecule has 1 atom stereocenters. The van der Waals surface area contributed by atoms with Gasteiger partial charge in [0.05, 0.1) is 0 Å². The SMILES string of the molecule is CC(N)(CC(=O)C1C2CC3CC(C2)CC1C3)C(=O)O. The minimum absolute atomic E-state index is 0.0185. The minimum atomic E-state index is -1.41. The van der Waals surface area contributed by atoms with E-state index in [0.29, 0.717) is 11.8 Å². The maximum atomic E-state index is 12.5. The standard InChI is InChI=1S/C15H23NO3/c1-15(16,14(18)19)7-12(17)13-10-3-8-2-9(5-10)6-11(13)4-8/h8-11,13H,2-7,16H2,1H3,(H,18,19). The van der Waals surface area contributed by atoms with Crippen LogP contribution in [0.25, 0.3) is 0 Å². The zero-order chi connectivity index (χ0) is 13.8. The molecule has 0 amide bonds. The normalized spacial score (nSPS) is 42.9. The molecule has 0 saturated heterocycles. The Morgan fingerprint density at radius 2 is 1.58 bits per heavy atom. The Morgan fingerprint density at radius 3 is 2.00 bits per heavy atom. The lowest BCUT2D eigenvalue weighted by Crippen LogP contribution is -2.52. The smallest absolute Gasteiger partial charge is 0.323 e. The van der Waals surface area contributed by atoms with E-state index in [1.165, 1.54) is 39.0 Å². The summed E-state index contributed by atoms with van der Waals surface area (Å²) in [7, 11) is 0. The number of carboxylic acids is 1. The fourth-order valence-electron chi connectivity index (χ4n) is 5.01. The third-order valence-electron chi connectivity index (χ3n) is 5.63. The van der Waals surface area contributed by atoms with E-state index in [2.05, 4.69) is 0 Å². The summed E-state index contributed by atoms with van der Waals surface area (Å²) in [6.07, 6.45) is 6.05. The lowest BCUT2D eigenvalue weighted by molar-refractivity contribution is -0.148. The molecule has 4 heteroatoms. The predicted molar refractivity (Wildman–Crippen MR) is 70.4 cm³/mol. The Morgan fingerprint density at radius 1 is 1.11 bits per heavy atom. The van der Waals surface area contributed by atoms with Gasteiger partial charge in [0.1, 0.15) is 11.3 Å². The van der Waals surface area contributed by atoms with Gasteiger partial charge in [0.2, 0.25) is 0 Å². The Bertz CT molecular complexity index is 388. The zero-order valence-corrected chi connectivity index (χ0v) is 11.5. The van der Waals surface area contributed by atoms with Gasteiger partial charge in [-0.25, -0.2) is 0 Å². The highest BCUT2D eigenvalue weighted by atomic mass is 16.4. The molecule has 106 valence electrons. The quantitative estimate of drug-likeness (QED) is 0.812. The molecular formula is C15H23NO3. The minimum Gasteiger partial charge on any atom is -0.480 e. The lowest BCUT2D eigenvalue weighted by Gasteiger charge is -2.54. The van der Waals surface area contributed by atoms with Gasteiger partial charge in [0.25, 0.3) is 0 Å². The molecule has 0 aromatic heterocycles. The van der Waals surface area contributed by atoms with E-state index in [1.54, 1.807) is 0 Å². The summed E-state index contributed by atoms with van der Waals surface area (Å²) >= 11 is 0. The number of aliphatic carboxylic acids is 1. The van der Waals surface area contributed by atoms with Crippen LogP contribution in [0.2, 0.25) is 0 Å². The van der Waals surface area contributed by atoms with Crippen molar-refractivity contribution in [1.82, 2.24) is 0 Å². The van der Waals surface area contributed by atoms with Gasteiger partial charge in [-0.15, -0.1) is 0 Å². The number of hydrogen-bond donors (Lipinski definition) is 2. The molecule has 0 heterocycles. The van der Waals surface area contributed by atoms with Crippen LogP contribution >= 0.6 is 0 Å². The Kier molecular flexibility index (Phi) is 2.97. The van der Waals surface area contributed by atoms with E-state index in [0.717, 1.165) is 11.8 Å². The van der Waals surface area contributed by atoms with Gasteiger partial charge in [0, 0.05) is 12.3 Å². The molecular weight excluding hydrogens is 242 g/mol. The van der Waals surface area contributed by atoms with Crippen LogP contribution in [0, 0.1) is 29.6 Å². The summed E-state index contributed by atoms with van der Waals surface area (Å²) in [6, 6.07) is 0. The largest absolute Gasteiger partial charge is 0.480 e. The summed E-state index contributed by atoms with van der Waals surface area (Å²) in [6.45, 7) is 1.45. The van der Waals surface area contributed by atoms with Gasteiger partial charge in [-0.05, 0) is 62.7 Å². The molecule has 0 aromatic rings. The molecule has 0 aromatic carbocycles. The molecule has 0 radical (unpaired) electrons. The lowest BCUT2D eigenvalue weighted by atomic mass is 9.51. The topological polar surface area (TPSA) is 80.4 Å². The van der Waals surface area contributed by atoms with Crippen LogP contribution in [0.5, 0.6) is 0 Å². The molecule has 4 rings (SSSR count). The third kappa shape index (κ3) is 2.20. The fraction of sp³-hybridized carbons (Fsp3) is 0.867. The molecule has 0 spiro atoms. The first-order valence-corrected chi connectivity index (χ1v) is 7.42. The summed E-state index contributed by atoms with van der Waals surface area (Å²) in [4.78, 5) is 23.6. The number of hydrogen-bond acceptors (Lipinski definition) is 3. The van der Waals surface area contributed by atoms with E-state index < -0.39 is 11.5 Å². The number of carbonyl (C=O) groups excluding carboxylic acids is 1. The van der Waals surface area contributed by atoms with E-state index in [9.17, 15) is 9.59 Å².